The molecule has 84 valence electrons. The Morgan fingerprint density at radius 1 is 0.933 bits per heavy atom. The fourth-order valence-corrected chi connectivity index (χ4v) is 2.04. The topological polar surface area (TPSA) is 0 Å². The number of hydrogen-bond donors (Lipinski definition) is 2. The van der Waals surface area contributed by atoms with Crippen LogP contribution in [0.5, 0.6) is 0 Å². The molecule has 0 aliphatic carbocycles. The van der Waals surface area contributed by atoms with Crippen LogP contribution in [0.25, 0.3) is 0 Å². The van der Waals surface area contributed by atoms with Crippen molar-refractivity contribution >= 4 is 25.3 Å². The van der Waals surface area contributed by atoms with Crippen LogP contribution in [0, 0.1) is 0 Å². The summed E-state index contributed by atoms with van der Waals surface area (Å²) in [4.78, 5) is 1.96. The molecule has 0 aromatic heterocycles. The van der Waals surface area contributed by atoms with Crippen molar-refractivity contribution in [3.8, 4) is 0 Å². The monoisotopic (exact) mass is 240 g/mol. The van der Waals surface area contributed by atoms with Crippen LogP contribution in [0.4, 0.5) is 0 Å². The molecule has 1 aromatic carbocycles. The maximum absolute atomic E-state index is 4.37. The van der Waals surface area contributed by atoms with Gasteiger partial charge in [0.1, 0.15) is 0 Å². The van der Waals surface area contributed by atoms with Crippen LogP contribution in [0.1, 0.15) is 44.6 Å². The Balaban J connectivity index is 2.28. The Labute approximate surface area is 104 Å². The summed E-state index contributed by atoms with van der Waals surface area (Å²) >= 11 is 8.68. The maximum Gasteiger partial charge on any atom is 0.0176 e. The minimum absolute atomic E-state index is 0.966. The number of benzene rings is 1. The van der Waals surface area contributed by atoms with Crippen LogP contribution in [0.15, 0.2) is 28.0 Å². The fourth-order valence-electron chi connectivity index (χ4n) is 1.66. The lowest BCUT2D eigenvalue weighted by Crippen LogP contribution is -1.86. The summed E-state index contributed by atoms with van der Waals surface area (Å²) in [5, 5.41) is 0. The summed E-state index contributed by atoms with van der Waals surface area (Å²) in [6.45, 7) is 2.25. The summed E-state index contributed by atoms with van der Waals surface area (Å²) in [5.41, 5.74) is 1.38. The lowest BCUT2D eigenvalue weighted by atomic mass is 10.1. The van der Waals surface area contributed by atoms with Gasteiger partial charge in [0.15, 0.2) is 0 Å². The van der Waals surface area contributed by atoms with Crippen LogP contribution < -0.4 is 0 Å². The quantitative estimate of drug-likeness (QED) is 0.519. The molecule has 0 radical (unpaired) electrons. The predicted octanol–water partition coefficient (Wildman–Crippen LogP) is 4.78. The second kappa shape index (κ2) is 7.24. The van der Waals surface area contributed by atoms with Gasteiger partial charge in [0.25, 0.3) is 0 Å². The maximum atomic E-state index is 4.37. The van der Waals surface area contributed by atoms with Gasteiger partial charge < -0.3 is 0 Å². The third-order valence-corrected chi connectivity index (χ3v) is 3.55. The molecule has 0 saturated carbocycles. The summed E-state index contributed by atoms with van der Waals surface area (Å²) in [6.07, 6.45) is 7.86. The van der Waals surface area contributed by atoms with E-state index in [9.17, 15) is 0 Å². The summed E-state index contributed by atoms with van der Waals surface area (Å²) in [7, 11) is 0. The largest absolute Gasteiger partial charge is 0.142 e. The number of unbranched alkanes of at least 4 members (excludes halogenated alkanes) is 4. The van der Waals surface area contributed by atoms with Gasteiger partial charge in [-0.15, -0.1) is 25.3 Å². The van der Waals surface area contributed by atoms with Crippen molar-refractivity contribution in [1.29, 1.82) is 0 Å². The number of hydrogen-bond acceptors (Lipinski definition) is 2. The van der Waals surface area contributed by atoms with E-state index in [0.29, 0.717) is 0 Å². The Hall–Kier alpha value is -0.0800. The van der Waals surface area contributed by atoms with Crippen LogP contribution in [-0.4, -0.2) is 0 Å². The predicted molar refractivity (Wildman–Crippen MR) is 73.4 cm³/mol. The Morgan fingerprint density at radius 3 is 2.33 bits per heavy atom. The lowest BCUT2D eigenvalue weighted by molar-refractivity contribution is 0.632. The molecular formula is C13H20S2. The van der Waals surface area contributed by atoms with Gasteiger partial charge in [-0.2, -0.15) is 0 Å². The molecule has 0 atom stereocenters. The van der Waals surface area contributed by atoms with E-state index in [0.717, 1.165) is 9.79 Å². The molecule has 2 heteroatoms. The van der Waals surface area contributed by atoms with Crippen molar-refractivity contribution in [2.75, 3.05) is 0 Å². The third-order valence-electron chi connectivity index (χ3n) is 2.61. The second-order valence-electron chi connectivity index (χ2n) is 3.99. The summed E-state index contributed by atoms with van der Waals surface area (Å²) in [6, 6.07) is 6.32. The SMILES string of the molecule is CCCCCCCc1ccc(S)c(S)c1. The molecule has 0 spiro atoms. The first-order valence-electron chi connectivity index (χ1n) is 5.75. The molecule has 0 saturated heterocycles. The van der Waals surface area contributed by atoms with Gasteiger partial charge >= 0.3 is 0 Å². The third kappa shape index (κ3) is 4.98. The highest BCUT2D eigenvalue weighted by Crippen LogP contribution is 2.20. The van der Waals surface area contributed by atoms with Gasteiger partial charge in [0.05, 0.1) is 0 Å². The Morgan fingerprint density at radius 2 is 1.67 bits per heavy atom. The van der Waals surface area contributed by atoms with Gasteiger partial charge in [0, 0.05) is 9.79 Å². The van der Waals surface area contributed by atoms with E-state index < -0.39 is 0 Å². The van der Waals surface area contributed by atoms with Crippen molar-refractivity contribution in [2.45, 2.75) is 55.2 Å². The van der Waals surface area contributed by atoms with Crippen molar-refractivity contribution < 1.29 is 0 Å². The molecule has 0 unspecified atom stereocenters. The zero-order chi connectivity index (χ0) is 11.1. The minimum atomic E-state index is 0.966. The van der Waals surface area contributed by atoms with Crippen molar-refractivity contribution in [3.63, 3.8) is 0 Å². The minimum Gasteiger partial charge on any atom is -0.142 e. The van der Waals surface area contributed by atoms with E-state index in [-0.39, 0.29) is 0 Å². The molecule has 1 rings (SSSR count). The first-order chi connectivity index (χ1) is 7.24. The lowest BCUT2D eigenvalue weighted by Gasteiger charge is -2.04. The fraction of sp³-hybridized carbons (Fsp3) is 0.538. The molecule has 0 nitrogen and oxygen atoms in total. The highest BCUT2D eigenvalue weighted by molar-refractivity contribution is 7.83. The average molecular weight is 240 g/mol. The van der Waals surface area contributed by atoms with Gasteiger partial charge in [-0.05, 0) is 30.5 Å². The summed E-state index contributed by atoms with van der Waals surface area (Å²) < 4.78 is 0. The van der Waals surface area contributed by atoms with E-state index in [1.165, 1.54) is 44.1 Å². The van der Waals surface area contributed by atoms with Crippen molar-refractivity contribution in [2.24, 2.45) is 0 Å². The van der Waals surface area contributed by atoms with E-state index >= 15 is 0 Å². The molecule has 1 aromatic rings. The van der Waals surface area contributed by atoms with Gasteiger partial charge in [0.2, 0.25) is 0 Å². The van der Waals surface area contributed by atoms with E-state index in [4.69, 9.17) is 0 Å². The zero-order valence-electron chi connectivity index (χ0n) is 9.37. The van der Waals surface area contributed by atoms with Crippen LogP contribution in [0.2, 0.25) is 0 Å². The smallest absolute Gasteiger partial charge is 0.0176 e. The summed E-state index contributed by atoms with van der Waals surface area (Å²) in [5.74, 6) is 0. The standard InChI is InChI=1S/C13H20S2/c1-2-3-4-5-6-7-11-8-9-12(14)13(15)10-11/h8-10,14-15H,2-7H2,1H3. The first kappa shape index (κ1) is 13.0. The molecule has 0 bridgehead atoms. The van der Waals surface area contributed by atoms with Gasteiger partial charge in [-0.25, -0.2) is 0 Å². The molecular weight excluding hydrogens is 220 g/mol. The number of rotatable bonds is 6. The number of aryl methyl sites for hydroxylation is 1. The average Bonchev–Trinajstić information content (AvgIpc) is 2.23. The van der Waals surface area contributed by atoms with Crippen molar-refractivity contribution in [3.05, 3.63) is 23.8 Å². The molecule has 0 N–H and O–H groups in total. The Kier molecular flexibility index (Phi) is 6.26. The van der Waals surface area contributed by atoms with Crippen LogP contribution in [0.3, 0.4) is 0 Å². The highest BCUT2D eigenvalue weighted by atomic mass is 32.1. The normalized spacial score (nSPS) is 10.6. The Bertz CT molecular complexity index is 295. The van der Waals surface area contributed by atoms with E-state index in [2.05, 4.69) is 44.3 Å². The van der Waals surface area contributed by atoms with E-state index in [1.54, 1.807) is 0 Å². The molecule has 0 aliphatic rings. The van der Waals surface area contributed by atoms with Crippen LogP contribution >= 0.6 is 25.3 Å². The zero-order valence-corrected chi connectivity index (χ0v) is 11.2. The first-order valence-corrected chi connectivity index (χ1v) is 6.64. The van der Waals surface area contributed by atoms with Gasteiger partial charge in [-0.1, -0.05) is 38.7 Å². The van der Waals surface area contributed by atoms with Crippen LogP contribution in [-0.2, 0) is 6.42 Å². The molecule has 15 heavy (non-hydrogen) atoms. The molecule has 0 fully saturated rings. The highest BCUT2D eigenvalue weighted by Gasteiger charge is 1.97. The van der Waals surface area contributed by atoms with Gasteiger partial charge in [-0.3, -0.25) is 0 Å². The molecule has 0 aliphatic heterocycles. The van der Waals surface area contributed by atoms with E-state index in [1.807, 2.05) is 6.07 Å². The van der Waals surface area contributed by atoms with Crippen molar-refractivity contribution in [1.82, 2.24) is 0 Å². The second-order valence-corrected chi connectivity index (χ2v) is 4.95. The number of thiol groups is 2. The molecule has 0 amide bonds. The molecule has 0 heterocycles.